The second-order valence-corrected chi connectivity index (χ2v) is 5.23. The third-order valence-electron chi connectivity index (χ3n) is 3.53. The standard InChI is InChI=1S/C16H20N2O3/c1-3-8-17(11-15(19)20)16(21)18-9-4-5-13-10-12(2)6-7-14(13)18/h3,6-7,10H,1,4-5,8-9,11H2,2H3,(H,19,20). The van der Waals surface area contributed by atoms with Gasteiger partial charge in [0.1, 0.15) is 6.54 Å². The van der Waals surface area contributed by atoms with Gasteiger partial charge in [-0.3, -0.25) is 9.69 Å². The van der Waals surface area contributed by atoms with Gasteiger partial charge < -0.3 is 10.0 Å². The molecule has 1 aliphatic heterocycles. The SMILES string of the molecule is C=CCN(CC(=O)O)C(=O)N1CCCc2cc(C)ccc21. The Hall–Kier alpha value is -2.30. The van der Waals surface area contributed by atoms with Crippen LogP contribution in [-0.4, -0.2) is 41.6 Å². The van der Waals surface area contributed by atoms with Crippen LogP contribution in [0.15, 0.2) is 30.9 Å². The maximum atomic E-state index is 12.6. The number of hydrogen-bond donors (Lipinski definition) is 1. The molecule has 0 fully saturated rings. The number of carboxylic acid groups (broad SMARTS) is 1. The summed E-state index contributed by atoms with van der Waals surface area (Å²) in [6, 6.07) is 5.72. The Morgan fingerprint density at radius 2 is 2.24 bits per heavy atom. The summed E-state index contributed by atoms with van der Waals surface area (Å²) in [5, 5.41) is 8.94. The molecule has 1 aliphatic rings. The molecule has 0 saturated carbocycles. The Kier molecular flexibility index (Phi) is 4.62. The number of benzene rings is 1. The predicted molar refractivity (Wildman–Crippen MR) is 81.6 cm³/mol. The molecule has 0 aromatic heterocycles. The number of fused-ring (bicyclic) bond motifs is 1. The third kappa shape index (κ3) is 3.42. The Labute approximate surface area is 124 Å². The molecule has 0 saturated heterocycles. The molecule has 0 bridgehead atoms. The first-order valence-corrected chi connectivity index (χ1v) is 7.01. The fourth-order valence-corrected chi connectivity index (χ4v) is 2.62. The van der Waals surface area contributed by atoms with Crippen molar-refractivity contribution in [3.63, 3.8) is 0 Å². The highest BCUT2D eigenvalue weighted by Gasteiger charge is 2.27. The van der Waals surface area contributed by atoms with Crippen molar-refractivity contribution in [3.8, 4) is 0 Å². The van der Waals surface area contributed by atoms with Crippen LogP contribution in [0.3, 0.4) is 0 Å². The first kappa shape index (κ1) is 15.1. The summed E-state index contributed by atoms with van der Waals surface area (Å²) < 4.78 is 0. The van der Waals surface area contributed by atoms with Crippen LogP contribution in [0.1, 0.15) is 17.5 Å². The molecule has 0 aliphatic carbocycles. The summed E-state index contributed by atoms with van der Waals surface area (Å²) in [6.07, 6.45) is 3.37. The summed E-state index contributed by atoms with van der Waals surface area (Å²) in [4.78, 5) is 26.5. The number of anilines is 1. The number of carbonyl (C=O) groups excluding carboxylic acids is 1. The number of nitrogens with zero attached hydrogens (tertiary/aromatic N) is 2. The quantitative estimate of drug-likeness (QED) is 0.866. The molecule has 0 radical (unpaired) electrons. The molecule has 2 rings (SSSR count). The van der Waals surface area contributed by atoms with Crippen LogP contribution in [-0.2, 0) is 11.2 Å². The van der Waals surface area contributed by atoms with Gasteiger partial charge in [0.25, 0.3) is 0 Å². The molecule has 21 heavy (non-hydrogen) atoms. The van der Waals surface area contributed by atoms with Gasteiger partial charge in [0.05, 0.1) is 0 Å². The lowest BCUT2D eigenvalue weighted by Gasteiger charge is -2.33. The van der Waals surface area contributed by atoms with E-state index in [1.165, 1.54) is 4.90 Å². The van der Waals surface area contributed by atoms with Gasteiger partial charge >= 0.3 is 12.0 Å². The van der Waals surface area contributed by atoms with Crippen LogP contribution in [0, 0.1) is 6.92 Å². The van der Waals surface area contributed by atoms with Crippen molar-refractivity contribution < 1.29 is 14.7 Å². The fourth-order valence-electron chi connectivity index (χ4n) is 2.62. The molecule has 5 nitrogen and oxygen atoms in total. The third-order valence-corrected chi connectivity index (χ3v) is 3.53. The Morgan fingerprint density at radius 1 is 1.48 bits per heavy atom. The van der Waals surface area contributed by atoms with E-state index >= 15 is 0 Å². The van der Waals surface area contributed by atoms with Crippen molar-refractivity contribution in [2.75, 3.05) is 24.5 Å². The maximum absolute atomic E-state index is 12.6. The van der Waals surface area contributed by atoms with Crippen LogP contribution in [0.4, 0.5) is 10.5 Å². The van der Waals surface area contributed by atoms with Crippen LogP contribution >= 0.6 is 0 Å². The zero-order chi connectivity index (χ0) is 15.4. The summed E-state index contributed by atoms with van der Waals surface area (Å²) in [5.41, 5.74) is 3.19. The second-order valence-electron chi connectivity index (χ2n) is 5.23. The molecule has 112 valence electrons. The molecule has 0 atom stereocenters. The Morgan fingerprint density at radius 3 is 2.90 bits per heavy atom. The average molecular weight is 288 g/mol. The van der Waals surface area contributed by atoms with E-state index in [1.54, 1.807) is 11.0 Å². The van der Waals surface area contributed by atoms with Gasteiger partial charge in [0.15, 0.2) is 0 Å². The topological polar surface area (TPSA) is 60.9 Å². The molecular weight excluding hydrogens is 268 g/mol. The van der Waals surface area contributed by atoms with E-state index in [4.69, 9.17) is 5.11 Å². The van der Waals surface area contributed by atoms with Gasteiger partial charge in [-0.15, -0.1) is 6.58 Å². The molecule has 1 aromatic carbocycles. The zero-order valence-corrected chi connectivity index (χ0v) is 12.2. The molecular formula is C16H20N2O3. The zero-order valence-electron chi connectivity index (χ0n) is 12.2. The number of carboxylic acids is 1. The normalized spacial score (nSPS) is 13.5. The second kappa shape index (κ2) is 6.43. The summed E-state index contributed by atoms with van der Waals surface area (Å²) in [5.74, 6) is -1.02. The Bertz CT molecular complexity index is 569. The van der Waals surface area contributed by atoms with E-state index in [2.05, 4.69) is 12.6 Å². The maximum Gasteiger partial charge on any atom is 0.325 e. The van der Waals surface area contributed by atoms with E-state index in [0.717, 1.165) is 29.7 Å². The molecule has 1 N–H and O–H groups in total. The monoisotopic (exact) mass is 288 g/mol. The highest BCUT2D eigenvalue weighted by atomic mass is 16.4. The van der Waals surface area contributed by atoms with Crippen molar-refractivity contribution in [1.82, 2.24) is 4.90 Å². The van der Waals surface area contributed by atoms with Gasteiger partial charge in [-0.1, -0.05) is 23.8 Å². The summed E-state index contributed by atoms with van der Waals surface area (Å²) in [7, 11) is 0. The van der Waals surface area contributed by atoms with Crippen LogP contribution < -0.4 is 4.90 Å². The molecule has 1 heterocycles. The minimum atomic E-state index is -1.02. The summed E-state index contributed by atoms with van der Waals surface area (Å²) in [6.45, 7) is 6.13. The van der Waals surface area contributed by atoms with Crippen molar-refractivity contribution in [2.24, 2.45) is 0 Å². The molecule has 0 unspecified atom stereocenters. The lowest BCUT2D eigenvalue weighted by molar-refractivity contribution is -0.137. The first-order valence-electron chi connectivity index (χ1n) is 7.01. The van der Waals surface area contributed by atoms with E-state index in [1.807, 2.05) is 19.1 Å². The van der Waals surface area contributed by atoms with Crippen molar-refractivity contribution in [3.05, 3.63) is 42.0 Å². The lowest BCUT2D eigenvalue weighted by atomic mass is 10.00. The van der Waals surface area contributed by atoms with Gasteiger partial charge in [-0.05, 0) is 31.4 Å². The van der Waals surface area contributed by atoms with E-state index < -0.39 is 5.97 Å². The molecule has 5 heteroatoms. The number of aryl methyl sites for hydroxylation is 2. The number of urea groups is 1. The largest absolute Gasteiger partial charge is 0.480 e. The fraction of sp³-hybridized carbons (Fsp3) is 0.375. The first-order chi connectivity index (χ1) is 10.0. The predicted octanol–water partition coefficient (Wildman–Crippen LogP) is 2.44. The Balaban J connectivity index is 2.27. The van der Waals surface area contributed by atoms with Gasteiger partial charge in [-0.25, -0.2) is 4.79 Å². The van der Waals surface area contributed by atoms with Crippen LogP contribution in [0.5, 0.6) is 0 Å². The van der Waals surface area contributed by atoms with Gasteiger partial charge in [0.2, 0.25) is 0 Å². The molecule has 1 aromatic rings. The number of carbonyl (C=O) groups is 2. The van der Waals surface area contributed by atoms with Crippen molar-refractivity contribution in [2.45, 2.75) is 19.8 Å². The minimum Gasteiger partial charge on any atom is -0.480 e. The molecule has 2 amide bonds. The van der Waals surface area contributed by atoms with Crippen molar-refractivity contribution in [1.29, 1.82) is 0 Å². The van der Waals surface area contributed by atoms with E-state index in [-0.39, 0.29) is 19.1 Å². The molecule has 0 spiro atoms. The van der Waals surface area contributed by atoms with Crippen LogP contribution in [0.25, 0.3) is 0 Å². The smallest absolute Gasteiger partial charge is 0.325 e. The number of rotatable bonds is 4. The number of amides is 2. The summed E-state index contributed by atoms with van der Waals surface area (Å²) >= 11 is 0. The number of aliphatic carboxylic acids is 1. The van der Waals surface area contributed by atoms with Gasteiger partial charge in [0, 0.05) is 18.8 Å². The van der Waals surface area contributed by atoms with Crippen molar-refractivity contribution >= 4 is 17.7 Å². The highest BCUT2D eigenvalue weighted by Crippen LogP contribution is 2.28. The average Bonchev–Trinajstić information content (AvgIpc) is 2.44. The van der Waals surface area contributed by atoms with Gasteiger partial charge in [-0.2, -0.15) is 0 Å². The van der Waals surface area contributed by atoms with E-state index in [9.17, 15) is 9.59 Å². The lowest BCUT2D eigenvalue weighted by Crippen LogP contribution is -2.47. The minimum absolute atomic E-state index is 0.225. The highest BCUT2D eigenvalue weighted by molar-refractivity contribution is 5.95. The van der Waals surface area contributed by atoms with Crippen LogP contribution in [0.2, 0.25) is 0 Å². The number of hydrogen-bond acceptors (Lipinski definition) is 2. The van der Waals surface area contributed by atoms with E-state index in [0.29, 0.717) is 6.54 Å².